The van der Waals surface area contributed by atoms with Gasteiger partial charge < -0.3 is 4.98 Å². The number of aromatic amines is 1. The van der Waals surface area contributed by atoms with Crippen molar-refractivity contribution < 1.29 is 0 Å². The Morgan fingerprint density at radius 1 is 1.58 bits per heavy atom. The maximum Gasteiger partial charge on any atom is 0.109 e. The fraction of sp³-hybridized carbons (Fsp3) is 0.700. The topological polar surface area (TPSA) is 28.7 Å². The van der Waals surface area contributed by atoms with Gasteiger partial charge in [-0.25, -0.2) is 4.98 Å². The van der Waals surface area contributed by atoms with Gasteiger partial charge >= 0.3 is 0 Å². The van der Waals surface area contributed by atoms with E-state index in [9.17, 15) is 0 Å². The SMILES string of the molecule is CCCCc1c[nH]c(C2CC2)n1. The lowest BCUT2D eigenvalue weighted by Crippen LogP contribution is -1.85. The summed E-state index contributed by atoms with van der Waals surface area (Å²) in [6, 6.07) is 0. The molecule has 1 aromatic rings. The Morgan fingerprint density at radius 2 is 2.42 bits per heavy atom. The molecule has 0 aromatic carbocycles. The average molecular weight is 164 g/mol. The first kappa shape index (κ1) is 7.84. The summed E-state index contributed by atoms with van der Waals surface area (Å²) in [5.41, 5.74) is 1.25. The summed E-state index contributed by atoms with van der Waals surface area (Å²) in [7, 11) is 0. The Labute approximate surface area is 73.4 Å². The van der Waals surface area contributed by atoms with E-state index in [0.717, 1.165) is 12.3 Å². The van der Waals surface area contributed by atoms with Crippen molar-refractivity contribution in [1.29, 1.82) is 0 Å². The summed E-state index contributed by atoms with van der Waals surface area (Å²) >= 11 is 0. The Hall–Kier alpha value is -0.790. The van der Waals surface area contributed by atoms with E-state index in [-0.39, 0.29) is 0 Å². The Bertz CT molecular complexity index is 248. The van der Waals surface area contributed by atoms with Gasteiger partial charge in [0.2, 0.25) is 0 Å². The number of hydrogen-bond donors (Lipinski definition) is 1. The van der Waals surface area contributed by atoms with Crippen LogP contribution in [-0.4, -0.2) is 9.97 Å². The lowest BCUT2D eigenvalue weighted by Gasteiger charge is -1.91. The van der Waals surface area contributed by atoms with Crippen molar-refractivity contribution in [3.63, 3.8) is 0 Å². The third kappa shape index (κ3) is 1.68. The number of rotatable bonds is 4. The van der Waals surface area contributed by atoms with Gasteiger partial charge in [-0.3, -0.25) is 0 Å². The van der Waals surface area contributed by atoms with Crippen molar-refractivity contribution in [2.45, 2.75) is 44.9 Å². The molecule has 0 radical (unpaired) electrons. The largest absolute Gasteiger partial charge is 0.348 e. The minimum absolute atomic E-state index is 0.764. The van der Waals surface area contributed by atoms with Crippen LogP contribution in [0.5, 0.6) is 0 Å². The highest BCUT2D eigenvalue weighted by Gasteiger charge is 2.26. The minimum Gasteiger partial charge on any atom is -0.348 e. The molecule has 0 amide bonds. The first-order valence-electron chi connectivity index (χ1n) is 4.94. The molecule has 0 atom stereocenters. The van der Waals surface area contributed by atoms with Crippen LogP contribution in [0.3, 0.4) is 0 Å². The number of imidazole rings is 1. The standard InChI is InChI=1S/C10H16N2/c1-2-3-4-9-7-11-10(12-9)8-5-6-8/h7-8H,2-6H2,1H3,(H,11,12). The van der Waals surface area contributed by atoms with Gasteiger partial charge in [0, 0.05) is 12.1 Å². The number of unbranched alkanes of at least 4 members (excludes halogenated alkanes) is 1. The van der Waals surface area contributed by atoms with Crippen molar-refractivity contribution in [1.82, 2.24) is 9.97 Å². The fourth-order valence-corrected chi connectivity index (χ4v) is 1.43. The molecule has 2 nitrogen and oxygen atoms in total. The van der Waals surface area contributed by atoms with Crippen LogP contribution in [0.15, 0.2) is 6.20 Å². The molecule has 0 unspecified atom stereocenters. The van der Waals surface area contributed by atoms with Gasteiger partial charge in [-0.1, -0.05) is 13.3 Å². The maximum absolute atomic E-state index is 4.55. The summed E-state index contributed by atoms with van der Waals surface area (Å²) in [4.78, 5) is 7.82. The Balaban J connectivity index is 1.93. The van der Waals surface area contributed by atoms with Gasteiger partial charge in [0.05, 0.1) is 5.69 Å². The number of aryl methyl sites for hydroxylation is 1. The molecule has 0 aliphatic heterocycles. The van der Waals surface area contributed by atoms with E-state index in [2.05, 4.69) is 23.1 Å². The van der Waals surface area contributed by atoms with Gasteiger partial charge in [-0.2, -0.15) is 0 Å². The van der Waals surface area contributed by atoms with Crippen LogP contribution < -0.4 is 0 Å². The molecule has 0 spiro atoms. The summed E-state index contributed by atoms with van der Waals surface area (Å²) in [6.07, 6.45) is 8.39. The number of nitrogens with zero attached hydrogens (tertiary/aromatic N) is 1. The number of nitrogens with one attached hydrogen (secondary N) is 1. The number of H-pyrrole nitrogens is 1. The van der Waals surface area contributed by atoms with Crippen molar-refractivity contribution in [2.75, 3.05) is 0 Å². The highest BCUT2D eigenvalue weighted by Crippen LogP contribution is 2.38. The highest BCUT2D eigenvalue weighted by molar-refractivity contribution is 5.10. The van der Waals surface area contributed by atoms with Crippen LogP contribution in [-0.2, 0) is 6.42 Å². The number of hydrogen-bond acceptors (Lipinski definition) is 1. The molecule has 1 fully saturated rings. The molecule has 1 aliphatic rings. The fourth-order valence-electron chi connectivity index (χ4n) is 1.43. The average Bonchev–Trinajstić information content (AvgIpc) is 2.83. The van der Waals surface area contributed by atoms with Crippen LogP contribution in [0.25, 0.3) is 0 Å². The molecule has 0 saturated heterocycles. The number of aromatic nitrogens is 2. The van der Waals surface area contributed by atoms with E-state index >= 15 is 0 Å². The molecule has 1 N–H and O–H groups in total. The Morgan fingerprint density at radius 3 is 3.08 bits per heavy atom. The van der Waals surface area contributed by atoms with E-state index in [1.807, 2.05) is 0 Å². The van der Waals surface area contributed by atoms with Gasteiger partial charge in [0.25, 0.3) is 0 Å². The zero-order valence-corrected chi connectivity index (χ0v) is 7.64. The van der Waals surface area contributed by atoms with E-state index in [4.69, 9.17) is 0 Å². The zero-order valence-electron chi connectivity index (χ0n) is 7.64. The molecule has 1 aromatic heterocycles. The van der Waals surface area contributed by atoms with E-state index in [1.165, 1.54) is 37.2 Å². The molecule has 2 rings (SSSR count). The van der Waals surface area contributed by atoms with Gasteiger partial charge in [-0.05, 0) is 25.7 Å². The second-order valence-electron chi connectivity index (χ2n) is 3.65. The summed E-state index contributed by atoms with van der Waals surface area (Å²) in [6.45, 7) is 2.22. The quantitative estimate of drug-likeness (QED) is 0.728. The molecular weight excluding hydrogens is 148 g/mol. The third-order valence-electron chi connectivity index (χ3n) is 2.40. The molecule has 66 valence electrons. The van der Waals surface area contributed by atoms with Crippen LogP contribution in [0, 0.1) is 0 Å². The van der Waals surface area contributed by atoms with Crippen molar-refractivity contribution >= 4 is 0 Å². The third-order valence-corrected chi connectivity index (χ3v) is 2.40. The summed E-state index contributed by atoms with van der Waals surface area (Å²) in [5.74, 6) is 1.99. The lowest BCUT2D eigenvalue weighted by atomic mass is 10.2. The van der Waals surface area contributed by atoms with E-state index in [1.54, 1.807) is 0 Å². The van der Waals surface area contributed by atoms with Gasteiger partial charge in [0.1, 0.15) is 5.82 Å². The summed E-state index contributed by atoms with van der Waals surface area (Å²) < 4.78 is 0. The van der Waals surface area contributed by atoms with E-state index in [0.29, 0.717) is 0 Å². The van der Waals surface area contributed by atoms with Crippen LogP contribution >= 0.6 is 0 Å². The van der Waals surface area contributed by atoms with Crippen molar-refractivity contribution in [3.05, 3.63) is 17.7 Å². The maximum atomic E-state index is 4.55. The predicted octanol–water partition coefficient (Wildman–Crippen LogP) is 2.63. The lowest BCUT2D eigenvalue weighted by molar-refractivity contribution is 0.777. The first-order chi connectivity index (χ1) is 5.90. The second kappa shape index (κ2) is 3.30. The zero-order chi connectivity index (χ0) is 8.39. The molecule has 2 heteroatoms. The second-order valence-corrected chi connectivity index (χ2v) is 3.65. The molecule has 0 bridgehead atoms. The predicted molar refractivity (Wildman–Crippen MR) is 49.2 cm³/mol. The van der Waals surface area contributed by atoms with Crippen LogP contribution in [0.4, 0.5) is 0 Å². The molecular formula is C10H16N2. The van der Waals surface area contributed by atoms with Crippen LogP contribution in [0.2, 0.25) is 0 Å². The van der Waals surface area contributed by atoms with Crippen LogP contribution in [0.1, 0.15) is 50.0 Å². The van der Waals surface area contributed by atoms with Gasteiger partial charge in [0.15, 0.2) is 0 Å². The smallest absolute Gasteiger partial charge is 0.109 e. The van der Waals surface area contributed by atoms with Crippen molar-refractivity contribution in [2.24, 2.45) is 0 Å². The summed E-state index contributed by atoms with van der Waals surface area (Å²) in [5, 5.41) is 0. The molecule has 1 heterocycles. The molecule has 12 heavy (non-hydrogen) atoms. The molecule has 1 aliphatic carbocycles. The van der Waals surface area contributed by atoms with Crippen molar-refractivity contribution in [3.8, 4) is 0 Å². The highest BCUT2D eigenvalue weighted by atomic mass is 14.9. The first-order valence-corrected chi connectivity index (χ1v) is 4.94. The minimum atomic E-state index is 0.764. The molecule has 1 saturated carbocycles. The van der Waals surface area contributed by atoms with E-state index < -0.39 is 0 Å². The Kier molecular flexibility index (Phi) is 2.15. The van der Waals surface area contributed by atoms with Gasteiger partial charge in [-0.15, -0.1) is 0 Å². The normalized spacial score (nSPS) is 16.8. The monoisotopic (exact) mass is 164 g/mol.